The van der Waals surface area contributed by atoms with Crippen molar-refractivity contribution in [3.63, 3.8) is 0 Å². The van der Waals surface area contributed by atoms with Crippen LogP contribution in [0.3, 0.4) is 0 Å². The van der Waals surface area contributed by atoms with Gasteiger partial charge in [0.1, 0.15) is 0 Å². The van der Waals surface area contributed by atoms with Gasteiger partial charge in [0, 0.05) is 5.02 Å². The molecule has 0 saturated heterocycles. The van der Waals surface area contributed by atoms with Crippen LogP contribution in [0, 0.1) is 5.92 Å². The largest absolute Gasteiger partial charge is 0.317 e. The lowest BCUT2D eigenvalue weighted by Gasteiger charge is -2.18. The maximum Gasteiger partial charge on any atom is 0.0438 e. The van der Waals surface area contributed by atoms with Crippen molar-refractivity contribution in [1.29, 1.82) is 0 Å². The molecule has 0 saturated carbocycles. The Balaban J connectivity index is 2.51. The first-order chi connectivity index (χ1) is 8.77. The van der Waals surface area contributed by atoms with Gasteiger partial charge in [-0.3, -0.25) is 0 Å². The lowest BCUT2D eigenvalue weighted by molar-refractivity contribution is 0.446. The average molecular weight is 286 g/mol. The fourth-order valence-corrected chi connectivity index (χ4v) is 2.78. The first-order valence-corrected chi connectivity index (χ1v) is 8.48. The van der Waals surface area contributed by atoms with Crippen LogP contribution in [0.15, 0.2) is 24.3 Å². The second kappa shape index (κ2) is 9.71. The number of benzene rings is 1. The summed E-state index contributed by atoms with van der Waals surface area (Å²) in [6.45, 7) is 4.30. The van der Waals surface area contributed by atoms with Gasteiger partial charge in [0.2, 0.25) is 0 Å². The third kappa shape index (κ3) is 6.12. The zero-order valence-corrected chi connectivity index (χ0v) is 13.0. The van der Waals surface area contributed by atoms with Gasteiger partial charge in [0.05, 0.1) is 0 Å². The van der Waals surface area contributed by atoms with Crippen molar-refractivity contribution >= 4 is 23.4 Å². The molecule has 1 nitrogen and oxygen atoms in total. The molecule has 1 atom stereocenters. The van der Waals surface area contributed by atoms with Crippen molar-refractivity contribution < 1.29 is 0 Å². The summed E-state index contributed by atoms with van der Waals surface area (Å²) in [6.07, 6.45) is 5.83. The SMILES string of the molecule is CCNCC(CCCSC)Cc1ccccc1Cl. The molecule has 0 aromatic heterocycles. The van der Waals surface area contributed by atoms with E-state index in [2.05, 4.69) is 30.6 Å². The van der Waals surface area contributed by atoms with E-state index in [1.165, 1.54) is 24.2 Å². The Bertz CT molecular complexity index is 330. The number of hydrogen-bond donors (Lipinski definition) is 1. The summed E-state index contributed by atoms with van der Waals surface area (Å²) < 4.78 is 0. The quantitative estimate of drug-likeness (QED) is 0.681. The van der Waals surface area contributed by atoms with Gasteiger partial charge in [-0.25, -0.2) is 0 Å². The van der Waals surface area contributed by atoms with Crippen LogP contribution >= 0.6 is 23.4 Å². The van der Waals surface area contributed by atoms with Gasteiger partial charge >= 0.3 is 0 Å². The molecule has 1 rings (SSSR count). The van der Waals surface area contributed by atoms with Crippen LogP contribution < -0.4 is 5.32 Å². The third-order valence-electron chi connectivity index (χ3n) is 3.11. The van der Waals surface area contributed by atoms with Gasteiger partial charge < -0.3 is 5.32 Å². The predicted molar refractivity (Wildman–Crippen MR) is 84.8 cm³/mol. The minimum atomic E-state index is 0.692. The Morgan fingerprint density at radius 2 is 2.11 bits per heavy atom. The number of halogens is 1. The van der Waals surface area contributed by atoms with Crippen LogP contribution in [0.4, 0.5) is 0 Å². The molecule has 1 aromatic rings. The van der Waals surface area contributed by atoms with E-state index in [4.69, 9.17) is 11.6 Å². The zero-order chi connectivity index (χ0) is 13.2. The minimum Gasteiger partial charge on any atom is -0.317 e. The molecule has 0 aliphatic carbocycles. The van der Waals surface area contributed by atoms with E-state index in [0.717, 1.165) is 24.5 Å². The summed E-state index contributed by atoms with van der Waals surface area (Å²) in [4.78, 5) is 0. The van der Waals surface area contributed by atoms with Gasteiger partial charge in [0.15, 0.2) is 0 Å². The number of thioether (sulfide) groups is 1. The molecule has 0 spiro atoms. The Kier molecular flexibility index (Phi) is 8.57. The van der Waals surface area contributed by atoms with Crippen LogP contribution in [0.25, 0.3) is 0 Å². The molecule has 0 aliphatic heterocycles. The molecule has 0 heterocycles. The summed E-state index contributed by atoms with van der Waals surface area (Å²) in [5.41, 5.74) is 1.28. The first kappa shape index (κ1) is 15.9. The predicted octanol–water partition coefficient (Wildman–Crippen LogP) is 4.25. The minimum absolute atomic E-state index is 0.692. The third-order valence-corrected chi connectivity index (χ3v) is 4.18. The molecule has 1 aromatic carbocycles. The van der Waals surface area contributed by atoms with Crippen LogP contribution in [0.2, 0.25) is 5.02 Å². The monoisotopic (exact) mass is 285 g/mol. The van der Waals surface area contributed by atoms with Crippen LogP contribution in [0.1, 0.15) is 25.3 Å². The zero-order valence-electron chi connectivity index (χ0n) is 11.4. The van der Waals surface area contributed by atoms with Crippen LogP contribution in [-0.2, 0) is 6.42 Å². The number of hydrogen-bond acceptors (Lipinski definition) is 2. The highest BCUT2D eigenvalue weighted by Gasteiger charge is 2.11. The van der Waals surface area contributed by atoms with E-state index in [9.17, 15) is 0 Å². The maximum absolute atomic E-state index is 6.24. The van der Waals surface area contributed by atoms with Gasteiger partial charge in [-0.05, 0) is 61.9 Å². The van der Waals surface area contributed by atoms with Crippen molar-refractivity contribution in [2.75, 3.05) is 25.1 Å². The summed E-state index contributed by atoms with van der Waals surface area (Å²) >= 11 is 8.17. The second-order valence-electron chi connectivity index (χ2n) is 4.60. The number of rotatable bonds is 9. The summed E-state index contributed by atoms with van der Waals surface area (Å²) in [7, 11) is 0. The van der Waals surface area contributed by atoms with Crippen LogP contribution in [-0.4, -0.2) is 25.1 Å². The molecule has 102 valence electrons. The van der Waals surface area contributed by atoms with E-state index < -0.39 is 0 Å². The van der Waals surface area contributed by atoms with E-state index >= 15 is 0 Å². The lowest BCUT2D eigenvalue weighted by atomic mass is 9.95. The Labute approximate surface area is 121 Å². The highest BCUT2D eigenvalue weighted by Crippen LogP contribution is 2.21. The topological polar surface area (TPSA) is 12.0 Å². The molecular weight excluding hydrogens is 262 g/mol. The molecule has 0 fully saturated rings. The van der Waals surface area contributed by atoms with Gasteiger partial charge in [-0.1, -0.05) is 36.7 Å². The van der Waals surface area contributed by atoms with Gasteiger partial charge in [-0.2, -0.15) is 11.8 Å². The Morgan fingerprint density at radius 3 is 2.78 bits per heavy atom. The van der Waals surface area contributed by atoms with Crippen molar-refractivity contribution in [1.82, 2.24) is 5.32 Å². The van der Waals surface area contributed by atoms with E-state index in [1.54, 1.807) is 0 Å². The molecule has 18 heavy (non-hydrogen) atoms. The first-order valence-electron chi connectivity index (χ1n) is 6.71. The standard InChI is InChI=1S/C15H24ClNS/c1-3-17-12-13(7-6-10-18-2)11-14-8-4-5-9-15(14)16/h4-5,8-9,13,17H,3,6-7,10-12H2,1-2H3. The summed E-state index contributed by atoms with van der Waals surface area (Å²) in [5.74, 6) is 1.95. The fraction of sp³-hybridized carbons (Fsp3) is 0.600. The maximum atomic E-state index is 6.24. The smallest absolute Gasteiger partial charge is 0.0438 e. The molecule has 0 bridgehead atoms. The molecule has 0 amide bonds. The van der Waals surface area contributed by atoms with E-state index in [0.29, 0.717) is 5.92 Å². The molecule has 1 unspecified atom stereocenters. The average Bonchev–Trinajstić information content (AvgIpc) is 2.38. The van der Waals surface area contributed by atoms with Crippen molar-refractivity contribution in [3.05, 3.63) is 34.9 Å². The molecule has 0 radical (unpaired) electrons. The highest BCUT2D eigenvalue weighted by atomic mass is 35.5. The number of nitrogens with one attached hydrogen (secondary N) is 1. The Morgan fingerprint density at radius 1 is 1.33 bits per heavy atom. The van der Waals surface area contributed by atoms with E-state index in [1.807, 2.05) is 23.9 Å². The van der Waals surface area contributed by atoms with Crippen molar-refractivity contribution in [2.24, 2.45) is 5.92 Å². The van der Waals surface area contributed by atoms with Crippen molar-refractivity contribution in [3.8, 4) is 0 Å². The normalized spacial score (nSPS) is 12.6. The Hall–Kier alpha value is -0.180. The van der Waals surface area contributed by atoms with E-state index in [-0.39, 0.29) is 0 Å². The van der Waals surface area contributed by atoms with Gasteiger partial charge in [-0.15, -0.1) is 0 Å². The molecule has 1 N–H and O–H groups in total. The van der Waals surface area contributed by atoms with Gasteiger partial charge in [0.25, 0.3) is 0 Å². The fourth-order valence-electron chi connectivity index (χ4n) is 2.12. The van der Waals surface area contributed by atoms with Crippen LogP contribution in [0.5, 0.6) is 0 Å². The molecule has 0 aliphatic rings. The summed E-state index contributed by atoms with van der Waals surface area (Å²) in [5, 5.41) is 4.37. The second-order valence-corrected chi connectivity index (χ2v) is 6.00. The molecular formula is C15H24ClNS. The van der Waals surface area contributed by atoms with Crippen molar-refractivity contribution in [2.45, 2.75) is 26.2 Å². The highest BCUT2D eigenvalue weighted by molar-refractivity contribution is 7.98. The molecule has 3 heteroatoms. The lowest BCUT2D eigenvalue weighted by Crippen LogP contribution is -2.24. The summed E-state index contributed by atoms with van der Waals surface area (Å²) in [6, 6.07) is 8.21.